The van der Waals surface area contributed by atoms with Crippen molar-refractivity contribution in [2.24, 2.45) is 0 Å². The number of hydrogen-bond acceptors (Lipinski definition) is 5. The molecule has 2 N–H and O–H groups in total. The molecule has 140 valence electrons. The Morgan fingerprint density at radius 1 is 1.19 bits per heavy atom. The summed E-state index contributed by atoms with van der Waals surface area (Å²) in [6.07, 6.45) is 0.990. The normalized spacial score (nSPS) is 10.6. The van der Waals surface area contributed by atoms with Crippen LogP contribution >= 0.6 is 22.9 Å². The van der Waals surface area contributed by atoms with E-state index in [2.05, 4.69) is 15.6 Å². The molecule has 0 fully saturated rings. The summed E-state index contributed by atoms with van der Waals surface area (Å²) >= 11 is 7.19. The molecule has 0 radical (unpaired) electrons. The Labute approximate surface area is 165 Å². The first-order valence-corrected chi connectivity index (χ1v) is 9.59. The number of aromatic nitrogens is 1. The highest BCUT2D eigenvalue weighted by Crippen LogP contribution is 2.26. The summed E-state index contributed by atoms with van der Waals surface area (Å²) in [7, 11) is 0. The van der Waals surface area contributed by atoms with Crippen molar-refractivity contribution in [2.45, 2.75) is 26.3 Å². The van der Waals surface area contributed by atoms with Crippen molar-refractivity contribution in [3.63, 3.8) is 0 Å². The lowest BCUT2D eigenvalue weighted by molar-refractivity contribution is -0.119. The number of hydrogen-bond donors (Lipinski definition) is 2. The molecule has 6 nitrogen and oxygen atoms in total. The fourth-order valence-electron chi connectivity index (χ4n) is 2.36. The molecule has 2 amide bonds. The molecule has 2 heterocycles. The number of rotatable bonds is 7. The van der Waals surface area contributed by atoms with Crippen LogP contribution in [0.2, 0.25) is 5.02 Å². The third kappa shape index (κ3) is 5.67. The van der Waals surface area contributed by atoms with Crippen LogP contribution in [0.1, 0.15) is 24.7 Å². The molecule has 0 saturated carbocycles. The zero-order valence-electron chi connectivity index (χ0n) is 14.6. The summed E-state index contributed by atoms with van der Waals surface area (Å²) in [6.45, 7) is 1.78. The van der Waals surface area contributed by atoms with Gasteiger partial charge in [0, 0.05) is 23.7 Å². The Hall–Kier alpha value is -2.64. The number of nitrogens with zero attached hydrogens (tertiary/aromatic N) is 1. The average molecular weight is 404 g/mol. The lowest BCUT2D eigenvalue weighted by atomic mass is 10.1. The van der Waals surface area contributed by atoms with E-state index in [4.69, 9.17) is 16.0 Å². The molecule has 0 aliphatic heterocycles. The van der Waals surface area contributed by atoms with Gasteiger partial charge in [0.1, 0.15) is 11.5 Å². The van der Waals surface area contributed by atoms with Crippen molar-refractivity contribution in [3.05, 3.63) is 58.1 Å². The maximum Gasteiger partial charge on any atom is 0.226 e. The molecule has 0 spiro atoms. The standard InChI is InChI=1S/C19H18ClN3O3S/c1-12(24)21-10-15-7-8-17(26-15)16-11-27-19(22-16)23-18(25)9-4-13-2-5-14(20)6-3-13/h2-3,5-8,11H,4,9-10H2,1H3,(H,21,24)(H,22,23,25). The van der Waals surface area contributed by atoms with Crippen LogP contribution < -0.4 is 10.6 Å². The number of nitrogens with one attached hydrogen (secondary N) is 2. The second-order valence-corrected chi connectivity index (χ2v) is 7.18. The molecule has 0 aliphatic carbocycles. The molecular formula is C19H18ClN3O3S. The van der Waals surface area contributed by atoms with Crippen LogP contribution in [0.15, 0.2) is 46.2 Å². The third-order valence-corrected chi connectivity index (χ3v) is 4.74. The number of carbonyl (C=O) groups is 2. The zero-order chi connectivity index (χ0) is 19.2. The lowest BCUT2D eigenvalue weighted by Gasteiger charge is -2.02. The van der Waals surface area contributed by atoms with Crippen molar-refractivity contribution in [3.8, 4) is 11.5 Å². The summed E-state index contributed by atoms with van der Waals surface area (Å²) < 4.78 is 5.66. The van der Waals surface area contributed by atoms with Gasteiger partial charge in [0.2, 0.25) is 11.8 Å². The van der Waals surface area contributed by atoms with Gasteiger partial charge in [-0.2, -0.15) is 0 Å². The van der Waals surface area contributed by atoms with Crippen LogP contribution in [0.3, 0.4) is 0 Å². The van der Waals surface area contributed by atoms with Gasteiger partial charge >= 0.3 is 0 Å². The summed E-state index contributed by atoms with van der Waals surface area (Å²) in [4.78, 5) is 27.5. The molecule has 0 atom stereocenters. The minimum Gasteiger partial charge on any atom is -0.458 e. The second-order valence-electron chi connectivity index (χ2n) is 5.89. The van der Waals surface area contributed by atoms with Crippen molar-refractivity contribution < 1.29 is 14.0 Å². The fourth-order valence-corrected chi connectivity index (χ4v) is 3.20. The monoisotopic (exact) mass is 403 g/mol. The number of anilines is 1. The number of thiazole rings is 1. The molecule has 0 saturated heterocycles. The molecular weight excluding hydrogens is 386 g/mol. The van der Waals surface area contributed by atoms with E-state index in [1.807, 2.05) is 29.6 Å². The van der Waals surface area contributed by atoms with Gasteiger partial charge in [-0.3, -0.25) is 9.59 Å². The largest absolute Gasteiger partial charge is 0.458 e. The second kappa shape index (κ2) is 8.83. The lowest BCUT2D eigenvalue weighted by Crippen LogP contribution is -2.18. The topological polar surface area (TPSA) is 84.2 Å². The molecule has 1 aromatic carbocycles. The van der Waals surface area contributed by atoms with Gasteiger partial charge in [0.05, 0.1) is 6.54 Å². The first-order valence-electron chi connectivity index (χ1n) is 8.33. The van der Waals surface area contributed by atoms with Crippen LogP contribution in [-0.2, 0) is 22.6 Å². The Bertz CT molecular complexity index is 934. The van der Waals surface area contributed by atoms with Gasteiger partial charge < -0.3 is 15.1 Å². The molecule has 3 aromatic rings. The maximum atomic E-state index is 12.1. The maximum absolute atomic E-state index is 12.1. The van der Waals surface area contributed by atoms with Crippen molar-refractivity contribution in [1.29, 1.82) is 0 Å². The Balaban J connectivity index is 1.53. The van der Waals surface area contributed by atoms with Crippen LogP contribution in [0.25, 0.3) is 11.5 Å². The molecule has 0 unspecified atom stereocenters. The molecule has 27 heavy (non-hydrogen) atoms. The number of furan rings is 1. The van der Waals surface area contributed by atoms with E-state index in [1.165, 1.54) is 18.3 Å². The summed E-state index contributed by atoms with van der Waals surface area (Å²) in [6, 6.07) is 11.0. The van der Waals surface area contributed by atoms with E-state index in [9.17, 15) is 9.59 Å². The average Bonchev–Trinajstić information content (AvgIpc) is 3.28. The van der Waals surface area contributed by atoms with Crippen LogP contribution in [-0.4, -0.2) is 16.8 Å². The summed E-state index contributed by atoms with van der Waals surface area (Å²) in [5, 5.41) is 8.49. The highest BCUT2D eigenvalue weighted by molar-refractivity contribution is 7.14. The van der Waals surface area contributed by atoms with Gasteiger partial charge in [0.15, 0.2) is 10.9 Å². The van der Waals surface area contributed by atoms with Crippen LogP contribution in [0.4, 0.5) is 5.13 Å². The van der Waals surface area contributed by atoms with E-state index in [1.54, 1.807) is 12.1 Å². The minimum atomic E-state index is -0.120. The highest BCUT2D eigenvalue weighted by Gasteiger charge is 2.11. The van der Waals surface area contributed by atoms with Gasteiger partial charge in [-0.25, -0.2) is 4.98 Å². The summed E-state index contributed by atoms with van der Waals surface area (Å²) in [5.74, 6) is 1.01. The number of benzene rings is 1. The molecule has 0 bridgehead atoms. The number of aryl methyl sites for hydroxylation is 1. The highest BCUT2D eigenvalue weighted by atomic mass is 35.5. The van der Waals surface area contributed by atoms with E-state index < -0.39 is 0 Å². The number of amides is 2. The predicted octanol–water partition coefficient (Wildman–Crippen LogP) is 4.26. The van der Waals surface area contributed by atoms with Gasteiger partial charge in [-0.1, -0.05) is 23.7 Å². The fraction of sp³-hybridized carbons (Fsp3) is 0.211. The van der Waals surface area contributed by atoms with Crippen LogP contribution in [0, 0.1) is 0 Å². The van der Waals surface area contributed by atoms with E-state index >= 15 is 0 Å². The van der Waals surface area contributed by atoms with E-state index in [-0.39, 0.29) is 11.8 Å². The van der Waals surface area contributed by atoms with Crippen LogP contribution in [0.5, 0.6) is 0 Å². The molecule has 8 heteroatoms. The molecule has 3 rings (SSSR count). The Morgan fingerprint density at radius 3 is 2.70 bits per heavy atom. The van der Waals surface area contributed by atoms with Crippen molar-refractivity contribution in [1.82, 2.24) is 10.3 Å². The van der Waals surface area contributed by atoms with Gasteiger partial charge in [-0.05, 0) is 36.2 Å². The SMILES string of the molecule is CC(=O)NCc1ccc(-c2csc(NC(=O)CCc3ccc(Cl)cc3)n2)o1. The van der Waals surface area contributed by atoms with Crippen molar-refractivity contribution in [2.75, 3.05) is 5.32 Å². The Morgan fingerprint density at radius 2 is 1.96 bits per heavy atom. The minimum absolute atomic E-state index is 0.100. The number of carbonyl (C=O) groups excluding carboxylic acids is 2. The predicted molar refractivity (Wildman–Crippen MR) is 106 cm³/mol. The summed E-state index contributed by atoms with van der Waals surface area (Å²) in [5.41, 5.74) is 1.69. The molecule has 0 aliphatic rings. The third-order valence-electron chi connectivity index (χ3n) is 3.73. The quantitative estimate of drug-likeness (QED) is 0.617. The van der Waals surface area contributed by atoms with E-state index in [0.717, 1.165) is 5.56 Å². The number of halogens is 1. The Kier molecular flexibility index (Phi) is 6.26. The first kappa shape index (κ1) is 19.1. The van der Waals surface area contributed by atoms with E-state index in [0.29, 0.717) is 46.8 Å². The smallest absolute Gasteiger partial charge is 0.226 e. The van der Waals surface area contributed by atoms with Crippen molar-refractivity contribution >= 4 is 39.9 Å². The van der Waals surface area contributed by atoms with Gasteiger partial charge in [-0.15, -0.1) is 11.3 Å². The molecule has 2 aromatic heterocycles. The zero-order valence-corrected chi connectivity index (χ0v) is 16.2. The first-order chi connectivity index (χ1) is 13.0. The van der Waals surface area contributed by atoms with Gasteiger partial charge in [0.25, 0.3) is 0 Å².